The van der Waals surface area contributed by atoms with Gasteiger partial charge in [0.2, 0.25) is 8.32 Å². The second-order valence-electron chi connectivity index (χ2n) is 6.94. The molecule has 0 saturated carbocycles. The summed E-state index contributed by atoms with van der Waals surface area (Å²) >= 11 is 0. The number of nitrogens with one attached hydrogen (secondary N) is 1. The number of rotatable bonds is 7. The molecule has 0 heterocycles. The maximum atomic E-state index is 12.6. The van der Waals surface area contributed by atoms with E-state index in [-0.39, 0.29) is 0 Å². The molecule has 0 saturated heterocycles. The Bertz CT molecular complexity index is 462. The quantitative estimate of drug-likeness (QED) is 0.489. The Kier molecular flexibility index (Phi) is 6.86. The highest BCUT2D eigenvalue weighted by Gasteiger charge is 2.45. The molecular weight excluding hydrogens is 319 g/mol. The van der Waals surface area contributed by atoms with E-state index in [0.29, 0.717) is 23.2 Å². The Balaban J connectivity index is 2.74. The number of hydroxylamine groups is 1. The van der Waals surface area contributed by atoms with Gasteiger partial charge in [-0.2, -0.15) is 13.2 Å². The van der Waals surface area contributed by atoms with Crippen LogP contribution in [0.15, 0.2) is 24.3 Å². The molecule has 0 aliphatic carbocycles. The fourth-order valence-electron chi connectivity index (χ4n) is 3.41. The molecule has 0 atom stereocenters. The van der Waals surface area contributed by atoms with E-state index in [4.69, 9.17) is 4.53 Å². The lowest BCUT2D eigenvalue weighted by Gasteiger charge is -2.41. The van der Waals surface area contributed by atoms with Crippen molar-refractivity contribution in [2.45, 2.75) is 70.9 Å². The van der Waals surface area contributed by atoms with Gasteiger partial charge in [-0.3, -0.25) is 0 Å². The van der Waals surface area contributed by atoms with Crippen molar-refractivity contribution in [2.75, 3.05) is 0 Å². The van der Waals surface area contributed by atoms with Gasteiger partial charge in [0.1, 0.15) is 0 Å². The summed E-state index contributed by atoms with van der Waals surface area (Å²) in [5.41, 5.74) is 4.51. The summed E-state index contributed by atoms with van der Waals surface area (Å²) in [6.07, 6.45) is -4.29. The molecule has 6 heteroatoms. The molecule has 0 radical (unpaired) electrons. The molecule has 0 aliphatic heterocycles. The summed E-state index contributed by atoms with van der Waals surface area (Å²) in [5, 5.41) is 0. The Morgan fingerprint density at radius 1 is 0.913 bits per heavy atom. The normalized spacial score (nSPS) is 13.4. The minimum absolute atomic E-state index is 0.402. The predicted octanol–water partition coefficient (Wildman–Crippen LogP) is 5.90. The van der Waals surface area contributed by atoms with Crippen LogP contribution in [0.5, 0.6) is 0 Å². The number of benzene rings is 1. The van der Waals surface area contributed by atoms with Gasteiger partial charge in [0.25, 0.3) is 0 Å². The van der Waals surface area contributed by atoms with Crippen molar-refractivity contribution in [3.63, 3.8) is 0 Å². The first-order chi connectivity index (χ1) is 10.5. The van der Waals surface area contributed by atoms with Crippen LogP contribution in [0.1, 0.15) is 52.7 Å². The minimum atomic E-state index is -4.29. The van der Waals surface area contributed by atoms with Crippen LogP contribution in [0.25, 0.3) is 0 Å². The van der Waals surface area contributed by atoms with Gasteiger partial charge in [0, 0.05) is 6.54 Å². The maximum Gasteiger partial charge on any atom is 0.416 e. The van der Waals surface area contributed by atoms with Crippen molar-refractivity contribution in [1.29, 1.82) is 0 Å². The summed E-state index contributed by atoms with van der Waals surface area (Å²) in [7, 11) is -2.01. The zero-order valence-electron chi connectivity index (χ0n) is 14.8. The highest BCUT2D eigenvalue weighted by atomic mass is 28.4. The zero-order valence-corrected chi connectivity index (χ0v) is 15.8. The molecule has 0 aliphatic rings. The van der Waals surface area contributed by atoms with Crippen molar-refractivity contribution in [2.24, 2.45) is 0 Å². The Morgan fingerprint density at radius 2 is 1.35 bits per heavy atom. The van der Waals surface area contributed by atoms with Gasteiger partial charge in [0.15, 0.2) is 0 Å². The zero-order chi connectivity index (χ0) is 17.8. The SMILES string of the molecule is CC(C)[Si](ONCc1ccc(C(F)(F)F)cc1)(C(C)C)C(C)C. The molecule has 0 bridgehead atoms. The number of alkyl halides is 3. The highest BCUT2D eigenvalue weighted by Crippen LogP contribution is 2.41. The molecule has 1 aromatic carbocycles. The van der Waals surface area contributed by atoms with Crippen LogP contribution in [-0.4, -0.2) is 8.32 Å². The molecule has 1 N–H and O–H groups in total. The second kappa shape index (κ2) is 7.81. The molecule has 23 heavy (non-hydrogen) atoms. The number of hydrogen-bond acceptors (Lipinski definition) is 2. The van der Waals surface area contributed by atoms with Gasteiger partial charge >= 0.3 is 6.18 Å². The maximum absolute atomic E-state index is 12.6. The third-order valence-corrected chi connectivity index (χ3v) is 10.4. The van der Waals surface area contributed by atoms with Gasteiger partial charge < -0.3 is 4.53 Å². The molecule has 0 spiro atoms. The minimum Gasteiger partial charge on any atom is -0.344 e. The molecule has 2 nitrogen and oxygen atoms in total. The van der Waals surface area contributed by atoms with Gasteiger partial charge in [-0.25, -0.2) is 5.48 Å². The topological polar surface area (TPSA) is 21.3 Å². The van der Waals surface area contributed by atoms with Crippen molar-refractivity contribution in [3.8, 4) is 0 Å². The van der Waals surface area contributed by atoms with Crippen molar-refractivity contribution < 1.29 is 17.7 Å². The van der Waals surface area contributed by atoms with E-state index in [1.807, 2.05) is 0 Å². The van der Waals surface area contributed by atoms with E-state index >= 15 is 0 Å². The number of halogens is 3. The van der Waals surface area contributed by atoms with Crippen molar-refractivity contribution in [1.82, 2.24) is 5.48 Å². The lowest BCUT2D eigenvalue weighted by molar-refractivity contribution is -0.137. The van der Waals surface area contributed by atoms with Crippen LogP contribution >= 0.6 is 0 Å². The smallest absolute Gasteiger partial charge is 0.344 e. The molecule has 1 rings (SSSR count). The average Bonchev–Trinajstić information content (AvgIpc) is 2.41. The van der Waals surface area contributed by atoms with E-state index in [1.165, 1.54) is 12.1 Å². The van der Waals surface area contributed by atoms with Crippen LogP contribution < -0.4 is 5.48 Å². The summed E-state index contributed by atoms with van der Waals surface area (Å²) < 4.78 is 43.9. The number of hydrogen-bond donors (Lipinski definition) is 1. The largest absolute Gasteiger partial charge is 0.416 e. The van der Waals surface area contributed by atoms with Crippen LogP contribution in [0.4, 0.5) is 13.2 Å². The van der Waals surface area contributed by atoms with E-state index < -0.39 is 20.1 Å². The van der Waals surface area contributed by atoms with E-state index in [0.717, 1.165) is 17.7 Å². The third-order valence-electron chi connectivity index (χ3n) is 4.51. The predicted molar refractivity (Wildman–Crippen MR) is 90.4 cm³/mol. The van der Waals surface area contributed by atoms with Crippen molar-refractivity contribution >= 4 is 8.32 Å². The first kappa shape index (κ1) is 20.2. The molecule has 0 unspecified atom stereocenters. The molecule has 0 fully saturated rings. The summed E-state index contributed by atoms with van der Waals surface area (Å²) in [6, 6.07) is 5.19. The second-order valence-corrected chi connectivity index (χ2v) is 12.3. The van der Waals surface area contributed by atoms with Crippen molar-refractivity contribution in [3.05, 3.63) is 35.4 Å². The molecule has 0 aromatic heterocycles. The highest BCUT2D eigenvalue weighted by molar-refractivity contribution is 6.77. The van der Waals surface area contributed by atoms with Gasteiger partial charge in [-0.1, -0.05) is 53.7 Å². The first-order valence-corrected chi connectivity index (χ1v) is 10.2. The first-order valence-electron chi connectivity index (χ1n) is 8.08. The van der Waals surface area contributed by atoms with Crippen LogP contribution in [0, 0.1) is 0 Å². The van der Waals surface area contributed by atoms with Crippen LogP contribution in [-0.2, 0) is 17.2 Å². The fourth-order valence-corrected chi connectivity index (χ4v) is 8.44. The third kappa shape index (κ3) is 4.81. The van der Waals surface area contributed by atoms with Crippen LogP contribution in [0.3, 0.4) is 0 Å². The van der Waals surface area contributed by atoms with E-state index in [9.17, 15) is 13.2 Å². The van der Waals surface area contributed by atoms with Gasteiger partial charge in [0.05, 0.1) is 5.56 Å². The fraction of sp³-hybridized carbons (Fsp3) is 0.647. The standard InChI is InChI=1S/C17H28F3NOSi/c1-12(2)23(13(3)4,14(5)6)22-21-11-15-7-9-16(10-8-15)17(18,19)20/h7-10,12-14,21H,11H2,1-6H3. The van der Waals surface area contributed by atoms with E-state index in [2.05, 4.69) is 47.0 Å². The lowest BCUT2D eigenvalue weighted by atomic mass is 10.1. The lowest BCUT2D eigenvalue weighted by Crippen LogP contribution is -2.51. The average molecular weight is 347 g/mol. The summed E-state index contributed by atoms with van der Waals surface area (Å²) in [5.74, 6) is 0. The van der Waals surface area contributed by atoms with Crippen LogP contribution in [0.2, 0.25) is 16.6 Å². The molecular formula is C17H28F3NOSi. The van der Waals surface area contributed by atoms with Gasteiger partial charge in [-0.15, -0.1) is 0 Å². The summed E-state index contributed by atoms with van der Waals surface area (Å²) in [4.78, 5) is 0. The van der Waals surface area contributed by atoms with E-state index in [1.54, 1.807) is 0 Å². The Morgan fingerprint density at radius 3 is 1.70 bits per heavy atom. The van der Waals surface area contributed by atoms with Gasteiger partial charge in [-0.05, 0) is 34.3 Å². The Labute approximate surface area is 138 Å². The summed E-state index contributed by atoms with van der Waals surface area (Å²) in [6.45, 7) is 13.5. The Hall–Kier alpha value is -0.853. The monoisotopic (exact) mass is 347 g/mol. The molecule has 1 aromatic rings. The molecule has 132 valence electrons. The molecule has 0 amide bonds.